The van der Waals surface area contributed by atoms with Gasteiger partial charge >= 0.3 is 23.9 Å². The van der Waals surface area contributed by atoms with Crippen molar-refractivity contribution < 1.29 is 52.9 Å². The third-order valence-corrected chi connectivity index (χ3v) is 9.45. The molecule has 3 N–H and O–H groups in total. The van der Waals surface area contributed by atoms with Gasteiger partial charge in [0.2, 0.25) is 5.91 Å². The lowest BCUT2D eigenvalue weighted by Gasteiger charge is -2.33. The lowest BCUT2D eigenvalue weighted by atomic mass is 9.81. The van der Waals surface area contributed by atoms with E-state index in [9.17, 15) is 28.8 Å². The van der Waals surface area contributed by atoms with E-state index in [0.29, 0.717) is 30.0 Å². The van der Waals surface area contributed by atoms with E-state index in [2.05, 4.69) is 9.47 Å². The molecule has 13 nitrogen and oxygen atoms in total. The Hall–Kier alpha value is -4.91. The summed E-state index contributed by atoms with van der Waals surface area (Å²) in [5.74, 6) is -1.35. The van der Waals surface area contributed by atoms with Gasteiger partial charge in [-0.05, 0) is 93.0 Å². The van der Waals surface area contributed by atoms with Crippen LogP contribution in [-0.4, -0.2) is 79.0 Å². The Morgan fingerprint density at radius 3 is 1.69 bits per heavy atom. The number of fused-ring (bicyclic) bond motifs is 2. The van der Waals surface area contributed by atoms with E-state index in [1.165, 1.54) is 19.1 Å². The van der Waals surface area contributed by atoms with Crippen LogP contribution < -0.4 is 5.73 Å². The molecule has 2 aromatic carbocycles. The number of carbonyl (C=O) groups excluding carboxylic acids is 6. The monoisotopic (exact) mass is 708 g/mol. The van der Waals surface area contributed by atoms with Crippen molar-refractivity contribution in [3.05, 3.63) is 70.8 Å². The fourth-order valence-corrected chi connectivity index (χ4v) is 6.61. The Morgan fingerprint density at radius 1 is 0.745 bits per heavy atom. The van der Waals surface area contributed by atoms with Gasteiger partial charge in [0.15, 0.2) is 0 Å². The Balaban J connectivity index is 0.000000212. The van der Waals surface area contributed by atoms with Crippen LogP contribution in [-0.2, 0) is 51.0 Å². The summed E-state index contributed by atoms with van der Waals surface area (Å²) in [4.78, 5) is 79.8. The average molecular weight is 709 g/mol. The molecule has 13 heteroatoms. The van der Waals surface area contributed by atoms with Crippen molar-refractivity contribution >= 4 is 41.7 Å². The molecule has 6 rings (SSSR count). The second kappa shape index (κ2) is 20.1. The van der Waals surface area contributed by atoms with Crippen molar-refractivity contribution in [2.75, 3.05) is 27.3 Å². The van der Waals surface area contributed by atoms with Gasteiger partial charge < -0.3 is 25.1 Å². The molecule has 0 spiro atoms. The molecule has 0 aromatic heterocycles. The number of carboxylic acid groups (broad SMARTS) is 1. The third kappa shape index (κ3) is 12.1. The molecule has 0 unspecified atom stereocenters. The molecule has 2 aliphatic carbocycles. The second-order valence-corrected chi connectivity index (χ2v) is 13.0. The fourth-order valence-electron chi connectivity index (χ4n) is 6.61. The quantitative estimate of drug-likeness (QED) is 0.195. The van der Waals surface area contributed by atoms with E-state index in [1.54, 1.807) is 30.3 Å². The lowest BCUT2D eigenvalue weighted by molar-refractivity contribution is -0.147. The zero-order valence-electron chi connectivity index (χ0n) is 29.5. The van der Waals surface area contributed by atoms with Gasteiger partial charge in [-0.25, -0.2) is 4.79 Å². The summed E-state index contributed by atoms with van der Waals surface area (Å²) in [5.41, 5.74) is 8.23. The number of methoxy groups -OCH3 is 2. The minimum absolute atomic E-state index is 0.0373. The predicted molar refractivity (Wildman–Crippen MR) is 184 cm³/mol. The van der Waals surface area contributed by atoms with Crippen molar-refractivity contribution in [2.24, 2.45) is 29.4 Å². The van der Waals surface area contributed by atoms with E-state index in [0.717, 1.165) is 76.0 Å². The number of aliphatic carboxylic acids is 1. The predicted octanol–water partition coefficient (Wildman–Crippen LogP) is 4.13. The van der Waals surface area contributed by atoms with E-state index >= 15 is 0 Å². The number of carboxylic acids is 1. The molecular weight excluding hydrogens is 660 g/mol. The second-order valence-electron chi connectivity index (χ2n) is 13.0. The van der Waals surface area contributed by atoms with Crippen LogP contribution in [0, 0.1) is 23.7 Å². The Morgan fingerprint density at radius 2 is 1.20 bits per heavy atom. The number of imide groups is 1. The van der Waals surface area contributed by atoms with E-state index in [1.807, 2.05) is 18.2 Å². The molecule has 0 radical (unpaired) electrons. The minimum Gasteiger partial charge on any atom is -0.481 e. The summed E-state index contributed by atoms with van der Waals surface area (Å²) in [6.07, 6.45) is 7.78. The SMILES string of the molecule is CC(=O)O.COC(=O)C1CCC(CN)CC1.COC(=O)C1CCC(CN2C(=O)Cc3ccccc3C2=O)CC1.O=C1Cc2ccccc2C(=O)O1. The van der Waals surface area contributed by atoms with Gasteiger partial charge in [0.25, 0.3) is 11.9 Å². The van der Waals surface area contributed by atoms with Crippen molar-refractivity contribution in [2.45, 2.75) is 71.1 Å². The summed E-state index contributed by atoms with van der Waals surface area (Å²) in [6, 6.07) is 14.3. The smallest absolute Gasteiger partial charge is 0.346 e. The number of carbonyl (C=O) groups is 7. The van der Waals surface area contributed by atoms with Gasteiger partial charge in [-0.2, -0.15) is 0 Å². The molecule has 2 saturated carbocycles. The first-order chi connectivity index (χ1) is 24.4. The Bertz CT molecular complexity index is 1550. The number of esters is 4. The van der Waals surface area contributed by atoms with Crippen LogP contribution in [0.15, 0.2) is 48.5 Å². The molecule has 4 aliphatic rings. The molecule has 0 bridgehead atoms. The highest BCUT2D eigenvalue weighted by Crippen LogP contribution is 2.32. The van der Waals surface area contributed by atoms with Crippen LogP contribution in [0.2, 0.25) is 0 Å². The number of amides is 2. The number of benzene rings is 2. The maximum atomic E-state index is 12.6. The molecule has 0 atom stereocenters. The highest BCUT2D eigenvalue weighted by molar-refractivity contribution is 6.09. The van der Waals surface area contributed by atoms with E-state index < -0.39 is 17.9 Å². The number of hydrogen-bond donors (Lipinski definition) is 2. The molecule has 276 valence electrons. The van der Waals surface area contributed by atoms with Crippen molar-refractivity contribution in [1.29, 1.82) is 0 Å². The summed E-state index contributed by atoms with van der Waals surface area (Å²) < 4.78 is 13.9. The van der Waals surface area contributed by atoms with Crippen LogP contribution in [0.1, 0.15) is 90.1 Å². The Labute approximate surface area is 297 Å². The molecule has 2 amide bonds. The van der Waals surface area contributed by atoms with Gasteiger partial charge in [-0.3, -0.25) is 33.7 Å². The molecule has 2 aliphatic heterocycles. The normalized spacial score (nSPS) is 22.1. The number of nitrogens with zero attached hydrogens (tertiary/aromatic N) is 1. The topological polar surface area (TPSA) is 197 Å². The standard InChI is InChI=1S/C18H21NO4.C9H17NO2.C9H6O3.C2H4O2/c1-23-18(22)13-8-6-12(7-9-13)11-19-16(20)10-14-4-2-3-5-15(14)17(19)21;1-12-9(11)8-4-2-7(6-10)3-5-8;10-8-5-6-3-1-2-4-7(6)9(11)12-8;1-2(3)4/h2-5,12-13H,6-11H2,1H3;7-8H,2-6,10H2,1H3;1-4H,5H2;1H3,(H,3,4). The highest BCUT2D eigenvalue weighted by Gasteiger charge is 2.34. The molecular formula is C38H48N2O11. The number of rotatable bonds is 5. The fraction of sp³-hybridized carbons (Fsp3) is 0.500. The van der Waals surface area contributed by atoms with Gasteiger partial charge in [-0.1, -0.05) is 36.4 Å². The lowest BCUT2D eigenvalue weighted by Crippen LogP contribution is -2.45. The number of ether oxygens (including phenoxy) is 3. The summed E-state index contributed by atoms with van der Waals surface area (Å²) in [6.45, 7) is 2.30. The maximum absolute atomic E-state index is 12.6. The van der Waals surface area contributed by atoms with E-state index in [-0.39, 0.29) is 47.9 Å². The van der Waals surface area contributed by atoms with Crippen LogP contribution in [0.4, 0.5) is 0 Å². The first-order valence-corrected chi connectivity index (χ1v) is 17.2. The number of hydrogen-bond acceptors (Lipinski definition) is 11. The van der Waals surface area contributed by atoms with Gasteiger partial charge in [0.05, 0.1) is 44.5 Å². The molecule has 2 heterocycles. The summed E-state index contributed by atoms with van der Waals surface area (Å²) in [7, 11) is 2.87. The van der Waals surface area contributed by atoms with Gasteiger partial charge in [0, 0.05) is 19.0 Å². The van der Waals surface area contributed by atoms with Crippen LogP contribution >= 0.6 is 0 Å². The summed E-state index contributed by atoms with van der Waals surface area (Å²) >= 11 is 0. The van der Waals surface area contributed by atoms with Crippen LogP contribution in [0.3, 0.4) is 0 Å². The first kappa shape index (κ1) is 40.5. The van der Waals surface area contributed by atoms with Crippen molar-refractivity contribution in [1.82, 2.24) is 4.90 Å². The van der Waals surface area contributed by atoms with E-state index in [4.69, 9.17) is 20.4 Å². The average Bonchev–Trinajstić information content (AvgIpc) is 3.13. The van der Waals surface area contributed by atoms with Gasteiger partial charge in [-0.15, -0.1) is 0 Å². The van der Waals surface area contributed by atoms with Crippen LogP contribution in [0.25, 0.3) is 0 Å². The molecule has 2 fully saturated rings. The zero-order valence-corrected chi connectivity index (χ0v) is 29.5. The zero-order chi connectivity index (χ0) is 37.5. The minimum atomic E-state index is -0.833. The van der Waals surface area contributed by atoms with Crippen molar-refractivity contribution in [3.63, 3.8) is 0 Å². The first-order valence-electron chi connectivity index (χ1n) is 17.2. The third-order valence-electron chi connectivity index (χ3n) is 9.45. The number of cyclic esters (lactones) is 2. The Kier molecular flexibility index (Phi) is 15.9. The molecule has 0 saturated heterocycles. The largest absolute Gasteiger partial charge is 0.481 e. The van der Waals surface area contributed by atoms with Crippen molar-refractivity contribution in [3.8, 4) is 0 Å². The maximum Gasteiger partial charge on any atom is 0.346 e. The van der Waals surface area contributed by atoms with Crippen LogP contribution in [0.5, 0.6) is 0 Å². The van der Waals surface area contributed by atoms with Gasteiger partial charge in [0.1, 0.15) is 0 Å². The highest BCUT2D eigenvalue weighted by atomic mass is 16.6. The summed E-state index contributed by atoms with van der Waals surface area (Å²) in [5, 5.41) is 7.42. The molecule has 2 aromatic rings. The number of nitrogens with two attached hydrogens (primary N) is 1. The molecule has 51 heavy (non-hydrogen) atoms.